The van der Waals surface area contributed by atoms with Gasteiger partial charge in [-0.15, -0.1) is 12.4 Å². The van der Waals surface area contributed by atoms with Gasteiger partial charge in [-0.3, -0.25) is 9.59 Å². The van der Waals surface area contributed by atoms with Crippen molar-refractivity contribution in [2.45, 2.75) is 76.0 Å². The lowest BCUT2D eigenvalue weighted by atomic mass is 9.77. The minimum absolute atomic E-state index is 0. The molecule has 2 aliphatic carbocycles. The number of esters is 1. The second-order valence-corrected chi connectivity index (χ2v) is 11.8. The Labute approximate surface area is 247 Å². The minimum atomic E-state index is -0.654. The van der Waals surface area contributed by atoms with Crippen LogP contribution in [0.2, 0.25) is 0 Å². The quantitative estimate of drug-likeness (QED) is 0.330. The molecule has 2 fully saturated rings. The summed E-state index contributed by atoms with van der Waals surface area (Å²) < 4.78 is 4.76. The van der Waals surface area contributed by atoms with E-state index in [2.05, 4.69) is 72.4 Å². The van der Waals surface area contributed by atoms with Crippen LogP contribution in [0.25, 0.3) is 0 Å². The van der Waals surface area contributed by atoms with E-state index in [9.17, 15) is 9.59 Å². The lowest BCUT2D eigenvalue weighted by molar-refractivity contribution is -0.142. The van der Waals surface area contributed by atoms with Crippen molar-refractivity contribution in [2.24, 2.45) is 11.8 Å². The first-order chi connectivity index (χ1) is 18.7. The molecule has 2 aliphatic rings. The highest BCUT2D eigenvalue weighted by atomic mass is 35.5. The molecule has 0 unspecified atom stereocenters. The number of nitrogens with zero attached hydrogens (tertiary/aromatic N) is 2. The van der Waals surface area contributed by atoms with Crippen LogP contribution in [0.4, 0.5) is 11.4 Å². The Balaban J connectivity index is 0.000000274. The highest BCUT2D eigenvalue weighted by Gasteiger charge is 2.25. The molecule has 2 aromatic rings. The molecular weight excluding hydrogens is 524 g/mol. The van der Waals surface area contributed by atoms with Crippen LogP contribution in [0.3, 0.4) is 0 Å². The summed E-state index contributed by atoms with van der Waals surface area (Å²) in [5.41, 5.74) is 5.31. The van der Waals surface area contributed by atoms with E-state index in [1.165, 1.54) is 42.5 Å². The van der Waals surface area contributed by atoms with Crippen LogP contribution >= 0.6 is 12.4 Å². The highest BCUT2D eigenvalue weighted by molar-refractivity contribution is 5.85. The van der Waals surface area contributed by atoms with Gasteiger partial charge in [0.1, 0.15) is 0 Å². The molecule has 0 spiro atoms. The zero-order valence-electron chi connectivity index (χ0n) is 25.0. The van der Waals surface area contributed by atoms with Crippen molar-refractivity contribution >= 4 is 35.7 Å². The molecule has 4 rings (SSSR count). The molecular formula is C33H49ClN2O4. The van der Waals surface area contributed by atoms with Gasteiger partial charge >= 0.3 is 11.9 Å². The number of halogens is 1. The van der Waals surface area contributed by atoms with Gasteiger partial charge in [0.2, 0.25) is 0 Å². The van der Waals surface area contributed by atoms with Gasteiger partial charge in [0.15, 0.2) is 0 Å². The molecule has 0 aliphatic heterocycles. The molecule has 222 valence electrons. The molecule has 2 aromatic carbocycles. The fourth-order valence-electron chi connectivity index (χ4n) is 6.06. The van der Waals surface area contributed by atoms with Gasteiger partial charge in [0, 0.05) is 52.4 Å². The maximum atomic E-state index is 11.3. The zero-order valence-corrected chi connectivity index (χ0v) is 25.8. The second-order valence-electron chi connectivity index (χ2n) is 11.8. The van der Waals surface area contributed by atoms with Crippen LogP contribution in [0.5, 0.6) is 0 Å². The van der Waals surface area contributed by atoms with Gasteiger partial charge in [-0.2, -0.15) is 0 Å². The van der Waals surface area contributed by atoms with Crippen LogP contribution in [0, 0.1) is 11.8 Å². The fourth-order valence-corrected chi connectivity index (χ4v) is 6.06. The van der Waals surface area contributed by atoms with Crippen molar-refractivity contribution in [3.05, 3.63) is 59.7 Å². The van der Waals surface area contributed by atoms with Gasteiger partial charge in [0.25, 0.3) is 0 Å². The first kappa shape index (κ1) is 33.5. The third-order valence-corrected chi connectivity index (χ3v) is 8.60. The topological polar surface area (TPSA) is 70.1 Å². The lowest BCUT2D eigenvalue weighted by Crippen LogP contribution is -2.17. The molecule has 0 aromatic heterocycles. The van der Waals surface area contributed by atoms with Gasteiger partial charge in [-0.05, 0) is 110 Å². The standard InChI is InChI=1S/C17H25NO2.C16H23NO2.ClH/c1-18(2)16-10-8-15(9-11-16)14-6-4-13(5-7-14)12-17(19)20-3;1-17(2)15-9-7-14(8-10-15)13-5-3-12(4-6-13)11-16(18)19;/h8-11,13-14H,4-7,12H2,1-3H3;7-10,12-13H,3-6,11H2,1-2H3,(H,18,19);1H. The predicted molar refractivity (Wildman–Crippen MR) is 167 cm³/mol. The number of rotatable bonds is 8. The van der Waals surface area contributed by atoms with Crippen molar-refractivity contribution in [1.29, 1.82) is 0 Å². The van der Waals surface area contributed by atoms with E-state index in [0.29, 0.717) is 36.5 Å². The van der Waals surface area contributed by atoms with Crippen molar-refractivity contribution in [1.82, 2.24) is 0 Å². The minimum Gasteiger partial charge on any atom is -0.481 e. The van der Waals surface area contributed by atoms with Crippen molar-refractivity contribution in [3.63, 3.8) is 0 Å². The third kappa shape index (κ3) is 10.3. The number of benzene rings is 2. The van der Waals surface area contributed by atoms with Crippen molar-refractivity contribution < 1.29 is 19.4 Å². The highest BCUT2D eigenvalue weighted by Crippen LogP contribution is 2.38. The van der Waals surface area contributed by atoms with Crippen LogP contribution in [-0.2, 0) is 14.3 Å². The number of hydrogen-bond donors (Lipinski definition) is 1. The van der Waals surface area contributed by atoms with Crippen molar-refractivity contribution in [3.8, 4) is 0 Å². The molecule has 6 nitrogen and oxygen atoms in total. The Hall–Kier alpha value is -2.73. The number of anilines is 2. The molecule has 0 radical (unpaired) electrons. The maximum Gasteiger partial charge on any atom is 0.305 e. The van der Waals surface area contributed by atoms with E-state index in [4.69, 9.17) is 9.84 Å². The number of carbonyl (C=O) groups is 2. The zero-order chi connectivity index (χ0) is 28.4. The summed E-state index contributed by atoms with van der Waals surface area (Å²) in [6.07, 6.45) is 9.91. The van der Waals surface area contributed by atoms with E-state index in [1.807, 2.05) is 14.1 Å². The molecule has 40 heavy (non-hydrogen) atoms. The Morgan fingerprint density at radius 2 is 1.02 bits per heavy atom. The number of carbonyl (C=O) groups excluding carboxylic acids is 1. The largest absolute Gasteiger partial charge is 0.481 e. The van der Waals surface area contributed by atoms with Crippen molar-refractivity contribution in [2.75, 3.05) is 45.1 Å². The first-order valence-corrected chi connectivity index (χ1v) is 14.5. The van der Waals surface area contributed by atoms with Gasteiger partial charge in [-0.25, -0.2) is 0 Å². The summed E-state index contributed by atoms with van der Waals surface area (Å²) in [7, 11) is 9.69. The molecule has 7 heteroatoms. The lowest BCUT2D eigenvalue weighted by Gasteiger charge is -2.28. The molecule has 0 amide bonds. The monoisotopic (exact) mass is 572 g/mol. The van der Waals surface area contributed by atoms with Crippen LogP contribution in [0.15, 0.2) is 48.5 Å². The van der Waals surface area contributed by atoms with E-state index in [1.54, 1.807) is 0 Å². The summed E-state index contributed by atoms with van der Waals surface area (Å²) in [5.74, 6) is 1.44. The first-order valence-electron chi connectivity index (χ1n) is 14.5. The number of aliphatic carboxylic acids is 1. The molecule has 2 saturated carbocycles. The van der Waals surface area contributed by atoms with E-state index < -0.39 is 5.97 Å². The second kappa shape index (κ2) is 16.5. The molecule has 0 atom stereocenters. The Kier molecular flexibility index (Phi) is 13.8. The van der Waals surface area contributed by atoms with E-state index in [0.717, 1.165) is 38.5 Å². The Morgan fingerprint density at radius 1 is 0.675 bits per heavy atom. The smallest absolute Gasteiger partial charge is 0.305 e. The molecule has 0 saturated heterocycles. The summed E-state index contributed by atoms with van der Waals surface area (Å²) in [4.78, 5) is 26.2. The number of carboxylic acids is 1. The summed E-state index contributed by atoms with van der Waals surface area (Å²) >= 11 is 0. The van der Waals surface area contributed by atoms with Crippen LogP contribution in [-0.4, -0.2) is 52.3 Å². The van der Waals surface area contributed by atoms with Crippen LogP contribution < -0.4 is 9.80 Å². The normalized spacial score (nSPS) is 22.1. The van der Waals surface area contributed by atoms with Gasteiger partial charge < -0.3 is 19.6 Å². The van der Waals surface area contributed by atoms with Gasteiger partial charge in [-0.1, -0.05) is 24.3 Å². The molecule has 0 bridgehead atoms. The summed E-state index contributed by atoms with van der Waals surface area (Å²) in [6, 6.07) is 17.7. The number of methoxy groups -OCH3 is 1. The third-order valence-electron chi connectivity index (χ3n) is 8.60. The van der Waals surface area contributed by atoms with E-state index in [-0.39, 0.29) is 18.4 Å². The average Bonchev–Trinajstić information content (AvgIpc) is 2.94. The number of hydrogen-bond acceptors (Lipinski definition) is 5. The molecule has 1 N–H and O–H groups in total. The average molecular weight is 573 g/mol. The van der Waals surface area contributed by atoms with E-state index >= 15 is 0 Å². The summed E-state index contributed by atoms with van der Waals surface area (Å²) in [6.45, 7) is 0. The Morgan fingerprint density at radius 3 is 1.32 bits per heavy atom. The summed E-state index contributed by atoms with van der Waals surface area (Å²) in [5, 5.41) is 8.83. The SMILES string of the molecule is CN(C)c1ccc(C2CCC(CC(=O)O)CC2)cc1.COC(=O)CC1CCC(c2ccc(N(C)C)cc2)CC1.Cl. The fraction of sp³-hybridized carbons (Fsp3) is 0.576. The number of ether oxygens (including phenoxy) is 1. The van der Waals surface area contributed by atoms with Crippen LogP contribution in [0.1, 0.15) is 87.2 Å². The Bertz CT molecular complexity index is 1020. The molecule has 0 heterocycles. The number of carboxylic acid groups (broad SMARTS) is 1. The maximum absolute atomic E-state index is 11.3. The van der Waals surface area contributed by atoms with Gasteiger partial charge in [0.05, 0.1) is 7.11 Å². The predicted octanol–water partition coefficient (Wildman–Crippen LogP) is 7.51.